The second-order valence-electron chi connectivity index (χ2n) is 4.33. The topological polar surface area (TPSA) is 29.1 Å². The highest BCUT2D eigenvalue weighted by Crippen LogP contribution is 2.29. The number of carbonyl (C=O) groups excluding carboxylic acids is 1. The summed E-state index contributed by atoms with van der Waals surface area (Å²) in [5.74, 6) is 0.0636. The van der Waals surface area contributed by atoms with Gasteiger partial charge in [-0.2, -0.15) is 0 Å². The van der Waals surface area contributed by atoms with Crippen LogP contribution < -0.4 is 5.32 Å². The number of benzene rings is 2. The van der Waals surface area contributed by atoms with Gasteiger partial charge in [0.2, 0.25) is 0 Å². The number of hydrogen-bond acceptors (Lipinski definition) is 2. The van der Waals surface area contributed by atoms with E-state index in [1.54, 1.807) is 0 Å². The monoisotopic (exact) mass is 301 g/mol. The number of carbonyl (C=O) groups is 1. The Balaban J connectivity index is 2.09. The fourth-order valence-electron chi connectivity index (χ4n) is 2.32. The summed E-state index contributed by atoms with van der Waals surface area (Å²) in [5, 5.41) is 3.30. The molecule has 1 aliphatic rings. The normalized spacial score (nSPS) is 12.9. The van der Waals surface area contributed by atoms with Crippen molar-refractivity contribution in [2.45, 2.75) is 6.42 Å². The second kappa shape index (κ2) is 4.58. The lowest BCUT2D eigenvalue weighted by atomic mass is 9.99. The molecule has 0 saturated heterocycles. The smallest absolute Gasteiger partial charge is 0.196 e. The lowest BCUT2D eigenvalue weighted by Gasteiger charge is -2.09. The van der Waals surface area contributed by atoms with Gasteiger partial charge in [0.25, 0.3) is 0 Å². The van der Waals surface area contributed by atoms with Crippen molar-refractivity contribution in [2.24, 2.45) is 0 Å². The minimum atomic E-state index is 0.0636. The van der Waals surface area contributed by atoms with Gasteiger partial charge < -0.3 is 5.32 Å². The first kappa shape index (κ1) is 11.5. The molecule has 3 rings (SSSR count). The van der Waals surface area contributed by atoms with Gasteiger partial charge in [0.15, 0.2) is 5.78 Å². The molecular weight excluding hydrogens is 290 g/mol. The van der Waals surface area contributed by atoms with E-state index >= 15 is 0 Å². The van der Waals surface area contributed by atoms with E-state index in [1.165, 1.54) is 5.56 Å². The summed E-state index contributed by atoms with van der Waals surface area (Å²) < 4.78 is 0.839. The Labute approximate surface area is 114 Å². The molecule has 0 saturated carbocycles. The number of ketones is 1. The molecule has 2 aromatic rings. The predicted octanol–water partition coefficient (Wildman–Crippen LogP) is 3.65. The van der Waals surface area contributed by atoms with Crippen LogP contribution in [-0.2, 0) is 6.42 Å². The van der Waals surface area contributed by atoms with Crippen molar-refractivity contribution in [3.8, 4) is 0 Å². The van der Waals surface area contributed by atoms with Gasteiger partial charge in [0.05, 0.1) is 0 Å². The van der Waals surface area contributed by atoms with Gasteiger partial charge in [0.1, 0.15) is 0 Å². The zero-order valence-electron chi connectivity index (χ0n) is 9.74. The Kier molecular flexibility index (Phi) is 2.92. The molecule has 2 nitrogen and oxygen atoms in total. The number of hydrogen-bond donors (Lipinski definition) is 1. The average Bonchev–Trinajstić information content (AvgIpc) is 2.86. The van der Waals surface area contributed by atoms with Crippen LogP contribution in [0.25, 0.3) is 0 Å². The van der Waals surface area contributed by atoms with Gasteiger partial charge in [-0.25, -0.2) is 0 Å². The molecule has 0 bridgehead atoms. The zero-order chi connectivity index (χ0) is 12.5. The van der Waals surface area contributed by atoms with Crippen LogP contribution in [0.15, 0.2) is 46.9 Å². The van der Waals surface area contributed by atoms with Gasteiger partial charge >= 0.3 is 0 Å². The molecule has 90 valence electrons. The highest BCUT2D eigenvalue weighted by Gasteiger charge is 2.20. The summed E-state index contributed by atoms with van der Waals surface area (Å²) in [6.45, 7) is 0.912. The van der Waals surface area contributed by atoms with Crippen LogP contribution in [0, 0.1) is 0 Å². The molecule has 0 atom stereocenters. The molecule has 0 unspecified atom stereocenters. The van der Waals surface area contributed by atoms with E-state index < -0.39 is 0 Å². The third-order valence-electron chi connectivity index (χ3n) is 3.21. The predicted molar refractivity (Wildman–Crippen MR) is 76.2 cm³/mol. The molecule has 1 aliphatic heterocycles. The number of fused-ring (bicyclic) bond motifs is 1. The SMILES string of the molecule is O=C(c1ccccc1Br)c1cccc2c1NCC2. The molecule has 0 aromatic heterocycles. The van der Waals surface area contributed by atoms with Crippen LogP contribution in [0.5, 0.6) is 0 Å². The Morgan fingerprint density at radius 2 is 1.83 bits per heavy atom. The molecule has 0 amide bonds. The van der Waals surface area contributed by atoms with E-state index in [9.17, 15) is 4.79 Å². The van der Waals surface area contributed by atoms with Crippen LogP contribution >= 0.6 is 15.9 Å². The summed E-state index contributed by atoms with van der Waals surface area (Å²) in [5.41, 5.74) is 3.70. The average molecular weight is 302 g/mol. The minimum absolute atomic E-state index is 0.0636. The highest BCUT2D eigenvalue weighted by atomic mass is 79.9. The Hall–Kier alpha value is -1.61. The minimum Gasteiger partial charge on any atom is -0.384 e. The third-order valence-corrected chi connectivity index (χ3v) is 3.90. The van der Waals surface area contributed by atoms with Crippen molar-refractivity contribution in [2.75, 3.05) is 11.9 Å². The molecule has 0 spiro atoms. The number of halogens is 1. The van der Waals surface area contributed by atoms with Crippen molar-refractivity contribution in [3.05, 3.63) is 63.6 Å². The number of rotatable bonds is 2. The molecule has 0 radical (unpaired) electrons. The fourth-order valence-corrected chi connectivity index (χ4v) is 2.78. The maximum absolute atomic E-state index is 12.6. The van der Waals surface area contributed by atoms with E-state index in [4.69, 9.17) is 0 Å². The van der Waals surface area contributed by atoms with Crippen molar-refractivity contribution >= 4 is 27.4 Å². The summed E-state index contributed by atoms with van der Waals surface area (Å²) in [6.07, 6.45) is 0.992. The standard InChI is InChI=1S/C15H12BrNO/c16-13-7-2-1-5-11(13)15(18)12-6-3-4-10-8-9-17-14(10)12/h1-7,17H,8-9H2. The second-order valence-corrected chi connectivity index (χ2v) is 5.18. The van der Waals surface area contributed by atoms with Gasteiger partial charge in [-0.1, -0.05) is 40.2 Å². The number of anilines is 1. The van der Waals surface area contributed by atoms with Crippen molar-refractivity contribution in [1.29, 1.82) is 0 Å². The third kappa shape index (κ3) is 1.85. The summed E-state index contributed by atoms with van der Waals surface area (Å²) >= 11 is 3.43. The van der Waals surface area contributed by atoms with E-state index in [-0.39, 0.29) is 5.78 Å². The first-order chi connectivity index (χ1) is 8.77. The molecule has 0 aliphatic carbocycles. The van der Waals surface area contributed by atoms with E-state index in [1.807, 2.05) is 36.4 Å². The fraction of sp³-hybridized carbons (Fsp3) is 0.133. The molecule has 3 heteroatoms. The summed E-state index contributed by atoms with van der Waals surface area (Å²) in [7, 11) is 0. The van der Waals surface area contributed by atoms with Crippen LogP contribution in [-0.4, -0.2) is 12.3 Å². The van der Waals surface area contributed by atoms with Gasteiger partial charge in [-0.05, 0) is 30.2 Å². The van der Waals surface area contributed by atoms with E-state index in [0.717, 1.165) is 28.7 Å². The maximum Gasteiger partial charge on any atom is 0.196 e. The van der Waals surface area contributed by atoms with E-state index in [0.29, 0.717) is 5.56 Å². The lowest BCUT2D eigenvalue weighted by molar-refractivity contribution is 0.103. The lowest BCUT2D eigenvalue weighted by Crippen LogP contribution is -2.06. The maximum atomic E-state index is 12.6. The van der Waals surface area contributed by atoms with Gasteiger partial charge in [0, 0.05) is 27.8 Å². The Bertz CT molecular complexity index is 622. The molecule has 18 heavy (non-hydrogen) atoms. The van der Waals surface area contributed by atoms with Crippen LogP contribution in [0.1, 0.15) is 21.5 Å². The quantitative estimate of drug-likeness (QED) is 0.858. The Morgan fingerprint density at radius 1 is 1.06 bits per heavy atom. The number of nitrogens with one attached hydrogen (secondary N) is 1. The van der Waals surface area contributed by atoms with Gasteiger partial charge in [-0.15, -0.1) is 0 Å². The van der Waals surface area contributed by atoms with Crippen molar-refractivity contribution in [1.82, 2.24) is 0 Å². The zero-order valence-corrected chi connectivity index (χ0v) is 11.3. The first-order valence-electron chi connectivity index (χ1n) is 5.92. The molecule has 1 heterocycles. The Morgan fingerprint density at radius 3 is 2.67 bits per heavy atom. The van der Waals surface area contributed by atoms with Crippen LogP contribution in [0.3, 0.4) is 0 Å². The summed E-state index contributed by atoms with van der Waals surface area (Å²) in [4.78, 5) is 12.6. The molecular formula is C15H12BrNO. The first-order valence-corrected chi connectivity index (χ1v) is 6.71. The molecule has 0 fully saturated rings. The summed E-state index contributed by atoms with van der Waals surface area (Å²) in [6, 6.07) is 13.5. The van der Waals surface area contributed by atoms with Crippen molar-refractivity contribution < 1.29 is 4.79 Å². The largest absolute Gasteiger partial charge is 0.384 e. The van der Waals surface area contributed by atoms with Crippen molar-refractivity contribution in [3.63, 3.8) is 0 Å². The molecule has 2 aromatic carbocycles. The van der Waals surface area contributed by atoms with Crippen LogP contribution in [0.4, 0.5) is 5.69 Å². The highest BCUT2D eigenvalue weighted by molar-refractivity contribution is 9.10. The number of para-hydroxylation sites is 1. The van der Waals surface area contributed by atoms with Crippen LogP contribution in [0.2, 0.25) is 0 Å². The van der Waals surface area contributed by atoms with E-state index in [2.05, 4.69) is 27.3 Å². The van der Waals surface area contributed by atoms with Gasteiger partial charge in [-0.3, -0.25) is 4.79 Å². The molecule has 1 N–H and O–H groups in total.